The smallest absolute Gasteiger partial charge is 0.319 e. The van der Waals surface area contributed by atoms with E-state index in [2.05, 4.69) is 45.0 Å². The van der Waals surface area contributed by atoms with E-state index in [9.17, 15) is 4.79 Å². The van der Waals surface area contributed by atoms with Gasteiger partial charge in [-0.15, -0.1) is 11.8 Å². The Hall–Kier alpha value is -2.81. The number of nitrogens with one attached hydrogen (secondary N) is 1. The zero-order chi connectivity index (χ0) is 23.8. The van der Waals surface area contributed by atoms with Gasteiger partial charge in [0.15, 0.2) is 5.16 Å². The first kappa shape index (κ1) is 24.3. The van der Waals surface area contributed by atoms with Gasteiger partial charge in [0.25, 0.3) is 0 Å². The number of carbonyl (C=O) groups is 1. The van der Waals surface area contributed by atoms with E-state index in [-0.39, 0.29) is 12.5 Å². The van der Waals surface area contributed by atoms with Gasteiger partial charge in [-0.2, -0.15) is 0 Å². The van der Waals surface area contributed by atoms with Crippen LogP contribution in [0.5, 0.6) is 0 Å². The maximum absolute atomic E-state index is 11.9. The molecule has 0 aliphatic carbocycles. The van der Waals surface area contributed by atoms with Gasteiger partial charge in [-0.1, -0.05) is 54.2 Å². The number of hydrogen-bond acceptors (Lipinski definition) is 7. The summed E-state index contributed by atoms with van der Waals surface area (Å²) in [5.74, 6) is 1.40. The van der Waals surface area contributed by atoms with Crippen molar-refractivity contribution in [1.29, 1.82) is 0 Å². The van der Waals surface area contributed by atoms with Crippen LogP contribution in [0.4, 0.5) is 0 Å². The first-order valence-electron chi connectivity index (χ1n) is 11.1. The SMILES string of the molecule is COC(=O)CN(CCSc1ccnc(CSc2nc3ccccc3[nH]2)c1C)Cc1ccccc1. The lowest BCUT2D eigenvalue weighted by Crippen LogP contribution is -2.32. The number of pyridine rings is 1. The van der Waals surface area contributed by atoms with Gasteiger partial charge in [-0.05, 0) is 36.2 Å². The summed E-state index contributed by atoms with van der Waals surface area (Å²) in [5.41, 5.74) is 5.46. The predicted octanol–water partition coefficient (Wildman–Crippen LogP) is 5.33. The summed E-state index contributed by atoms with van der Waals surface area (Å²) >= 11 is 3.46. The Morgan fingerprint density at radius 1 is 1.06 bits per heavy atom. The molecule has 0 fully saturated rings. The summed E-state index contributed by atoms with van der Waals surface area (Å²) in [7, 11) is 1.43. The Bertz CT molecular complexity index is 1200. The molecule has 0 unspecified atom stereocenters. The molecule has 2 heterocycles. The molecule has 0 saturated carbocycles. The van der Waals surface area contributed by atoms with Crippen LogP contribution in [0.15, 0.2) is 76.9 Å². The number of esters is 1. The molecule has 0 aliphatic heterocycles. The number of imidazole rings is 1. The highest BCUT2D eigenvalue weighted by molar-refractivity contribution is 7.99. The van der Waals surface area contributed by atoms with Gasteiger partial charge in [-0.25, -0.2) is 4.98 Å². The fourth-order valence-corrected chi connectivity index (χ4v) is 5.55. The van der Waals surface area contributed by atoms with E-state index < -0.39 is 0 Å². The van der Waals surface area contributed by atoms with Gasteiger partial charge >= 0.3 is 5.97 Å². The molecule has 2 aromatic heterocycles. The quantitative estimate of drug-likeness (QED) is 0.224. The molecular formula is C26H28N4O2S2. The van der Waals surface area contributed by atoms with E-state index in [1.54, 1.807) is 23.5 Å². The van der Waals surface area contributed by atoms with Crippen LogP contribution in [0.25, 0.3) is 11.0 Å². The first-order valence-corrected chi connectivity index (χ1v) is 13.1. The number of ether oxygens (including phenoxy) is 1. The number of rotatable bonds is 11. The average molecular weight is 493 g/mol. The predicted molar refractivity (Wildman–Crippen MR) is 139 cm³/mol. The van der Waals surface area contributed by atoms with Crippen LogP contribution >= 0.6 is 23.5 Å². The summed E-state index contributed by atoms with van der Waals surface area (Å²) in [4.78, 5) is 27.9. The molecule has 4 aromatic rings. The minimum atomic E-state index is -0.217. The lowest BCUT2D eigenvalue weighted by atomic mass is 10.2. The second-order valence-electron chi connectivity index (χ2n) is 7.85. The number of methoxy groups -OCH3 is 1. The van der Waals surface area contributed by atoms with Crippen molar-refractivity contribution in [3.8, 4) is 0 Å². The molecular weight excluding hydrogens is 464 g/mol. The summed E-state index contributed by atoms with van der Waals surface area (Å²) in [6.45, 7) is 3.89. The fraction of sp³-hybridized carbons (Fsp3) is 0.269. The summed E-state index contributed by atoms with van der Waals surface area (Å²) < 4.78 is 4.89. The Morgan fingerprint density at radius 2 is 1.85 bits per heavy atom. The first-order chi connectivity index (χ1) is 16.6. The molecule has 4 rings (SSSR count). The molecule has 0 atom stereocenters. The normalized spacial score (nSPS) is 11.3. The molecule has 176 valence electrons. The Morgan fingerprint density at radius 3 is 2.65 bits per heavy atom. The molecule has 0 radical (unpaired) electrons. The number of aromatic amines is 1. The van der Waals surface area contributed by atoms with Gasteiger partial charge < -0.3 is 9.72 Å². The van der Waals surface area contributed by atoms with Crippen molar-refractivity contribution in [2.75, 3.05) is 26.0 Å². The highest BCUT2D eigenvalue weighted by Crippen LogP contribution is 2.28. The monoisotopic (exact) mass is 492 g/mol. The lowest BCUT2D eigenvalue weighted by Gasteiger charge is -2.21. The molecule has 0 amide bonds. The molecule has 8 heteroatoms. The van der Waals surface area contributed by atoms with Crippen LogP contribution in [0, 0.1) is 6.92 Å². The number of fused-ring (bicyclic) bond motifs is 1. The fourth-order valence-electron chi connectivity index (χ4n) is 3.58. The third-order valence-corrected chi connectivity index (χ3v) is 7.49. The Kier molecular flexibility index (Phi) is 8.62. The lowest BCUT2D eigenvalue weighted by molar-refractivity contribution is -0.142. The molecule has 6 nitrogen and oxygen atoms in total. The average Bonchev–Trinajstić information content (AvgIpc) is 3.28. The van der Waals surface area contributed by atoms with Crippen LogP contribution in [-0.4, -0.2) is 51.8 Å². The van der Waals surface area contributed by atoms with E-state index in [0.29, 0.717) is 6.54 Å². The van der Waals surface area contributed by atoms with E-state index in [4.69, 9.17) is 4.74 Å². The van der Waals surface area contributed by atoms with Gasteiger partial charge in [0.2, 0.25) is 0 Å². The standard InChI is InChI=1S/C26H28N4O2S2/c1-19-23(18-34-26-28-21-10-6-7-11-22(21)29-26)27-13-12-24(19)33-15-14-30(17-25(31)32-2)16-20-8-4-3-5-9-20/h3-13H,14-18H2,1-2H3,(H,28,29). The summed E-state index contributed by atoms with van der Waals surface area (Å²) in [5, 5.41) is 0.903. The summed E-state index contributed by atoms with van der Waals surface area (Å²) in [6.07, 6.45) is 1.88. The van der Waals surface area contributed by atoms with Crippen molar-refractivity contribution in [2.24, 2.45) is 0 Å². The summed E-state index contributed by atoms with van der Waals surface area (Å²) in [6, 6.07) is 20.3. The number of hydrogen-bond donors (Lipinski definition) is 1. The zero-order valence-electron chi connectivity index (χ0n) is 19.4. The molecule has 0 bridgehead atoms. The van der Waals surface area contributed by atoms with Gasteiger partial charge in [0, 0.05) is 35.7 Å². The topological polar surface area (TPSA) is 71.1 Å². The van der Waals surface area contributed by atoms with E-state index >= 15 is 0 Å². The Balaban J connectivity index is 1.35. The van der Waals surface area contributed by atoms with Crippen molar-refractivity contribution >= 4 is 40.5 Å². The number of benzene rings is 2. The number of thioether (sulfide) groups is 2. The van der Waals surface area contributed by atoms with Crippen molar-refractivity contribution in [3.63, 3.8) is 0 Å². The number of H-pyrrole nitrogens is 1. The van der Waals surface area contributed by atoms with Crippen LogP contribution < -0.4 is 0 Å². The molecule has 1 N–H and O–H groups in total. The van der Waals surface area contributed by atoms with Crippen LogP contribution in [-0.2, 0) is 21.8 Å². The van der Waals surface area contributed by atoms with Crippen molar-refractivity contribution in [1.82, 2.24) is 19.9 Å². The highest BCUT2D eigenvalue weighted by Gasteiger charge is 2.13. The van der Waals surface area contributed by atoms with Crippen molar-refractivity contribution in [3.05, 3.63) is 83.7 Å². The van der Waals surface area contributed by atoms with Crippen LogP contribution in [0.2, 0.25) is 0 Å². The van der Waals surface area contributed by atoms with E-state index in [1.807, 2.05) is 48.7 Å². The number of nitrogens with zero attached hydrogens (tertiary/aromatic N) is 3. The third kappa shape index (κ3) is 6.62. The second-order valence-corrected chi connectivity index (χ2v) is 9.95. The number of aromatic nitrogens is 3. The largest absolute Gasteiger partial charge is 0.468 e. The highest BCUT2D eigenvalue weighted by atomic mass is 32.2. The van der Waals surface area contributed by atoms with E-state index in [0.717, 1.165) is 39.9 Å². The van der Waals surface area contributed by atoms with Gasteiger partial charge in [-0.3, -0.25) is 14.7 Å². The maximum atomic E-state index is 11.9. The maximum Gasteiger partial charge on any atom is 0.319 e. The van der Waals surface area contributed by atoms with Gasteiger partial charge in [0.1, 0.15) is 0 Å². The minimum Gasteiger partial charge on any atom is -0.468 e. The zero-order valence-corrected chi connectivity index (χ0v) is 21.0. The van der Waals surface area contributed by atoms with Crippen molar-refractivity contribution < 1.29 is 9.53 Å². The van der Waals surface area contributed by atoms with E-state index in [1.165, 1.54) is 23.1 Å². The molecule has 2 aromatic carbocycles. The molecule has 0 aliphatic rings. The molecule has 0 spiro atoms. The van der Waals surface area contributed by atoms with Crippen LogP contribution in [0.3, 0.4) is 0 Å². The Labute approximate surface area is 208 Å². The molecule has 0 saturated heterocycles. The van der Waals surface area contributed by atoms with Crippen LogP contribution in [0.1, 0.15) is 16.8 Å². The molecule has 34 heavy (non-hydrogen) atoms. The second kappa shape index (κ2) is 12.1. The van der Waals surface area contributed by atoms with Gasteiger partial charge in [0.05, 0.1) is 30.4 Å². The minimum absolute atomic E-state index is 0.217. The third-order valence-electron chi connectivity index (χ3n) is 5.47. The number of para-hydroxylation sites is 2. The van der Waals surface area contributed by atoms with Crippen molar-refractivity contribution in [2.45, 2.75) is 29.3 Å². The number of carbonyl (C=O) groups excluding carboxylic acids is 1.